The molecule has 0 bridgehead atoms. The number of hydrogen-bond acceptors (Lipinski definition) is 4. The van der Waals surface area contributed by atoms with Gasteiger partial charge in [-0.15, -0.1) is 0 Å². The molecule has 5 heteroatoms. The van der Waals surface area contributed by atoms with Crippen LogP contribution in [-0.2, 0) is 9.53 Å². The predicted octanol–water partition coefficient (Wildman–Crippen LogP) is 1.62. The molecule has 1 amide bonds. The van der Waals surface area contributed by atoms with E-state index in [4.69, 9.17) is 4.74 Å². The first-order valence-corrected chi connectivity index (χ1v) is 6.10. The molecule has 1 aromatic carbocycles. The van der Waals surface area contributed by atoms with Crippen LogP contribution in [0.5, 0.6) is 5.75 Å². The minimum atomic E-state index is -0.481. The Morgan fingerprint density at radius 1 is 1.21 bits per heavy atom. The molecule has 0 aromatic heterocycles. The van der Waals surface area contributed by atoms with Crippen LogP contribution < -0.4 is 10.1 Å². The van der Waals surface area contributed by atoms with Crippen molar-refractivity contribution in [3.63, 3.8) is 0 Å². The number of carbonyl (C=O) groups is 2. The maximum Gasteiger partial charge on any atom is 0.325 e. The minimum Gasteiger partial charge on any atom is -0.493 e. The van der Waals surface area contributed by atoms with Gasteiger partial charge in [-0.25, -0.2) is 0 Å². The minimum absolute atomic E-state index is 0.138. The summed E-state index contributed by atoms with van der Waals surface area (Å²) >= 11 is 0. The van der Waals surface area contributed by atoms with E-state index < -0.39 is 5.97 Å². The molecule has 0 aliphatic carbocycles. The van der Waals surface area contributed by atoms with Crippen molar-refractivity contribution >= 4 is 11.9 Å². The summed E-state index contributed by atoms with van der Waals surface area (Å²) in [4.78, 5) is 22.6. The lowest BCUT2D eigenvalue weighted by molar-refractivity contribution is -0.139. The van der Waals surface area contributed by atoms with Gasteiger partial charge in [0.25, 0.3) is 5.91 Å². The molecule has 0 aliphatic rings. The van der Waals surface area contributed by atoms with E-state index in [1.807, 2.05) is 0 Å². The number of esters is 1. The second-order valence-electron chi connectivity index (χ2n) is 4.49. The van der Waals surface area contributed by atoms with E-state index in [9.17, 15) is 9.59 Å². The molecule has 5 nitrogen and oxygen atoms in total. The van der Waals surface area contributed by atoms with Crippen LogP contribution in [0.15, 0.2) is 24.3 Å². The van der Waals surface area contributed by atoms with Crippen LogP contribution >= 0.6 is 0 Å². The quantitative estimate of drug-likeness (QED) is 0.794. The van der Waals surface area contributed by atoms with Crippen LogP contribution in [0, 0.1) is 5.92 Å². The van der Waals surface area contributed by atoms with Crippen molar-refractivity contribution < 1.29 is 19.1 Å². The van der Waals surface area contributed by atoms with Gasteiger partial charge in [0.05, 0.1) is 13.7 Å². The standard InChI is InChI=1S/C14H19NO4/c1-10(2)9-19-12-6-4-11(5-7-12)14(17)15-8-13(16)18-3/h4-7,10H,8-9H2,1-3H3,(H,15,17). The van der Waals surface area contributed by atoms with Crippen LogP contribution in [0.25, 0.3) is 0 Å². The van der Waals surface area contributed by atoms with E-state index in [0.717, 1.165) is 5.75 Å². The topological polar surface area (TPSA) is 64.6 Å². The maximum atomic E-state index is 11.7. The molecule has 0 atom stereocenters. The maximum absolute atomic E-state index is 11.7. The second kappa shape index (κ2) is 7.41. The molecule has 0 saturated heterocycles. The molecular weight excluding hydrogens is 246 g/mol. The van der Waals surface area contributed by atoms with Crippen molar-refractivity contribution in [2.24, 2.45) is 5.92 Å². The third-order valence-corrected chi connectivity index (χ3v) is 2.32. The number of rotatable bonds is 6. The van der Waals surface area contributed by atoms with Gasteiger partial charge in [0.15, 0.2) is 0 Å². The molecule has 0 saturated carbocycles. The lowest BCUT2D eigenvalue weighted by Gasteiger charge is -2.09. The lowest BCUT2D eigenvalue weighted by atomic mass is 10.2. The molecule has 0 fully saturated rings. The van der Waals surface area contributed by atoms with E-state index in [2.05, 4.69) is 23.9 Å². The first kappa shape index (κ1) is 15.0. The Morgan fingerprint density at radius 2 is 1.84 bits per heavy atom. The second-order valence-corrected chi connectivity index (χ2v) is 4.49. The molecule has 1 rings (SSSR count). The van der Waals surface area contributed by atoms with Crippen molar-refractivity contribution in [3.8, 4) is 5.75 Å². The molecule has 0 heterocycles. The first-order chi connectivity index (χ1) is 9.02. The van der Waals surface area contributed by atoms with E-state index in [1.54, 1.807) is 24.3 Å². The summed E-state index contributed by atoms with van der Waals surface area (Å²) in [7, 11) is 1.27. The van der Waals surface area contributed by atoms with Crippen LogP contribution in [0.1, 0.15) is 24.2 Å². The Balaban J connectivity index is 2.51. The summed E-state index contributed by atoms with van der Waals surface area (Å²) in [6.07, 6.45) is 0. The molecule has 0 spiro atoms. The fraction of sp³-hybridized carbons (Fsp3) is 0.429. The smallest absolute Gasteiger partial charge is 0.325 e. The number of hydrogen-bond donors (Lipinski definition) is 1. The van der Waals surface area contributed by atoms with Gasteiger partial charge < -0.3 is 14.8 Å². The van der Waals surface area contributed by atoms with Gasteiger partial charge in [0.1, 0.15) is 12.3 Å². The van der Waals surface area contributed by atoms with Crippen LogP contribution in [0.3, 0.4) is 0 Å². The highest BCUT2D eigenvalue weighted by molar-refractivity contribution is 5.95. The Morgan fingerprint density at radius 3 is 2.37 bits per heavy atom. The number of ether oxygens (including phenoxy) is 2. The Hall–Kier alpha value is -2.04. The summed E-state index contributed by atoms with van der Waals surface area (Å²) < 4.78 is 9.95. The molecule has 1 aromatic rings. The van der Waals surface area contributed by atoms with Gasteiger partial charge in [0, 0.05) is 5.56 Å². The average Bonchev–Trinajstić information content (AvgIpc) is 2.42. The van der Waals surface area contributed by atoms with E-state index in [-0.39, 0.29) is 12.5 Å². The third-order valence-electron chi connectivity index (χ3n) is 2.32. The van der Waals surface area contributed by atoms with E-state index >= 15 is 0 Å². The molecule has 0 radical (unpaired) electrons. The molecule has 0 unspecified atom stereocenters. The lowest BCUT2D eigenvalue weighted by Crippen LogP contribution is -2.30. The zero-order chi connectivity index (χ0) is 14.3. The fourth-order valence-corrected chi connectivity index (χ4v) is 1.29. The predicted molar refractivity (Wildman–Crippen MR) is 71.1 cm³/mol. The zero-order valence-electron chi connectivity index (χ0n) is 11.4. The van der Waals surface area contributed by atoms with Crippen molar-refractivity contribution in [3.05, 3.63) is 29.8 Å². The van der Waals surface area contributed by atoms with Gasteiger partial charge in [-0.2, -0.15) is 0 Å². The summed E-state index contributed by atoms with van der Waals surface area (Å²) in [6, 6.07) is 6.77. The monoisotopic (exact) mass is 265 g/mol. The molecular formula is C14H19NO4. The number of methoxy groups -OCH3 is 1. The largest absolute Gasteiger partial charge is 0.493 e. The highest BCUT2D eigenvalue weighted by Gasteiger charge is 2.08. The van der Waals surface area contributed by atoms with Crippen LogP contribution in [-0.4, -0.2) is 32.1 Å². The molecule has 19 heavy (non-hydrogen) atoms. The molecule has 104 valence electrons. The van der Waals surface area contributed by atoms with Gasteiger partial charge in [0.2, 0.25) is 0 Å². The summed E-state index contributed by atoms with van der Waals surface area (Å²) in [6.45, 7) is 4.62. The Bertz CT molecular complexity index is 426. The van der Waals surface area contributed by atoms with Crippen molar-refractivity contribution in [2.75, 3.05) is 20.3 Å². The summed E-state index contributed by atoms with van der Waals surface area (Å²) in [5, 5.41) is 2.47. The number of carbonyl (C=O) groups excluding carboxylic acids is 2. The third kappa shape index (κ3) is 5.42. The van der Waals surface area contributed by atoms with Crippen LogP contribution in [0.2, 0.25) is 0 Å². The number of amides is 1. The van der Waals surface area contributed by atoms with Gasteiger partial charge in [-0.3, -0.25) is 9.59 Å². The normalized spacial score (nSPS) is 10.1. The van der Waals surface area contributed by atoms with Gasteiger partial charge in [-0.1, -0.05) is 13.8 Å². The SMILES string of the molecule is COC(=O)CNC(=O)c1ccc(OCC(C)C)cc1. The zero-order valence-corrected chi connectivity index (χ0v) is 11.4. The van der Waals surface area contributed by atoms with Crippen molar-refractivity contribution in [1.29, 1.82) is 0 Å². The first-order valence-electron chi connectivity index (χ1n) is 6.10. The van der Waals surface area contributed by atoms with Crippen molar-refractivity contribution in [2.45, 2.75) is 13.8 Å². The fourth-order valence-electron chi connectivity index (χ4n) is 1.29. The molecule has 0 aliphatic heterocycles. The highest BCUT2D eigenvalue weighted by Crippen LogP contribution is 2.13. The Kier molecular flexibility index (Phi) is 5.85. The number of benzene rings is 1. The van der Waals surface area contributed by atoms with Gasteiger partial charge in [-0.05, 0) is 30.2 Å². The molecule has 1 N–H and O–H groups in total. The highest BCUT2D eigenvalue weighted by atomic mass is 16.5. The number of nitrogens with one attached hydrogen (secondary N) is 1. The summed E-state index contributed by atoms with van der Waals surface area (Å²) in [5.41, 5.74) is 0.473. The summed E-state index contributed by atoms with van der Waals surface area (Å²) in [5.74, 6) is 0.368. The Labute approximate surface area is 112 Å². The van der Waals surface area contributed by atoms with Crippen molar-refractivity contribution in [1.82, 2.24) is 5.32 Å². The van der Waals surface area contributed by atoms with E-state index in [0.29, 0.717) is 18.1 Å². The average molecular weight is 265 g/mol. The van der Waals surface area contributed by atoms with Gasteiger partial charge >= 0.3 is 5.97 Å². The van der Waals surface area contributed by atoms with Crippen LogP contribution in [0.4, 0.5) is 0 Å². The van der Waals surface area contributed by atoms with E-state index in [1.165, 1.54) is 7.11 Å².